The maximum Gasteiger partial charge on any atom is 0.309 e. The van der Waals surface area contributed by atoms with Gasteiger partial charge in [0.25, 0.3) is 5.91 Å². The number of nitrogens with one attached hydrogen (secondary N) is 1. The van der Waals surface area contributed by atoms with Gasteiger partial charge in [0.2, 0.25) is 0 Å². The van der Waals surface area contributed by atoms with E-state index < -0.39 is 0 Å². The van der Waals surface area contributed by atoms with Gasteiger partial charge in [0, 0.05) is 6.54 Å². The molecule has 1 fully saturated rings. The highest BCUT2D eigenvalue weighted by Gasteiger charge is 2.40. The molecule has 5 heteroatoms. The summed E-state index contributed by atoms with van der Waals surface area (Å²) in [4.78, 5) is 23.1. The summed E-state index contributed by atoms with van der Waals surface area (Å²) in [6, 6.07) is 7.67. The zero-order chi connectivity index (χ0) is 15.2. The molecule has 0 spiro atoms. The Kier molecular flexibility index (Phi) is 5.20. The van der Waals surface area contributed by atoms with Crippen LogP contribution in [0.2, 0.25) is 0 Å². The van der Waals surface area contributed by atoms with Gasteiger partial charge in [0.05, 0.1) is 13.0 Å². The summed E-state index contributed by atoms with van der Waals surface area (Å²) in [6.45, 7) is 2.28. The summed E-state index contributed by atoms with van der Waals surface area (Å²) in [5, 5.41) is 2.74. The van der Waals surface area contributed by atoms with Crippen LogP contribution in [-0.4, -0.2) is 32.1 Å². The molecule has 114 valence electrons. The number of ether oxygens (including phenoxy) is 2. The van der Waals surface area contributed by atoms with Crippen LogP contribution < -0.4 is 10.1 Å². The molecule has 5 nitrogen and oxygen atoms in total. The first kappa shape index (κ1) is 15.4. The van der Waals surface area contributed by atoms with E-state index >= 15 is 0 Å². The number of esters is 1. The van der Waals surface area contributed by atoms with Crippen molar-refractivity contribution in [2.75, 3.05) is 20.3 Å². The van der Waals surface area contributed by atoms with Crippen molar-refractivity contribution in [2.45, 2.75) is 19.8 Å². The normalized spacial score (nSPS) is 19.7. The van der Waals surface area contributed by atoms with E-state index in [1.807, 2.05) is 31.2 Å². The second kappa shape index (κ2) is 7.11. The summed E-state index contributed by atoms with van der Waals surface area (Å²) < 4.78 is 10.2. The maximum atomic E-state index is 11.6. The van der Waals surface area contributed by atoms with Crippen molar-refractivity contribution >= 4 is 11.9 Å². The molecular weight excluding hydrogens is 270 g/mol. The van der Waals surface area contributed by atoms with E-state index in [1.165, 1.54) is 0 Å². The summed E-state index contributed by atoms with van der Waals surface area (Å²) in [5.41, 5.74) is 1.03. The third-order valence-electron chi connectivity index (χ3n) is 3.67. The minimum absolute atomic E-state index is 0.00798. The molecule has 0 bridgehead atoms. The fourth-order valence-corrected chi connectivity index (χ4v) is 2.19. The molecule has 1 aromatic carbocycles. The van der Waals surface area contributed by atoms with Gasteiger partial charge in [0.1, 0.15) is 5.75 Å². The monoisotopic (exact) mass is 291 g/mol. The standard InChI is InChI=1S/C16H21NO4/c1-11-9-13(11)16(19)21-10-15(18)17-8-7-12-5-3-4-6-14(12)20-2/h3-6,11,13H,7-10H2,1-2H3,(H,17,18)/t11-,13+/m0/s1. The average molecular weight is 291 g/mol. The number of amides is 1. The molecule has 0 heterocycles. The minimum atomic E-state index is -0.272. The highest BCUT2D eigenvalue weighted by molar-refractivity contribution is 5.82. The number of hydrogen-bond acceptors (Lipinski definition) is 4. The minimum Gasteiger partial charge on any atom is -0.496 e. The molecule has 1 amide bonds. The Morgan fingerprint density at radius 3 is 2.71 bits per heavy atom. The number of para-hydroxylation sites is 1. The lowest BCUT2D eigenvalue weighted by Gasteiger charge is -2.09. The summed E-state index contributed by atoms with van der Waals surface area (Å²) >= 11 is 0. The molecular formula is C16H21NO4. The number of carbonyl (C=O) groups is 2. The second-order valence-corrected chi connectivity index (χ2v) is 5.34. The van der Waals surface area contributed by atoms with Crippen LogP contribution in [0.4, 0.5) is 0 Å². The van der Waals surface area contributed by atoms with Gasteiger partial charge in [-0.25, -0.2) is 0 Å². The lowest BCUT2D eigenvalue weighted by molar-refractivity contribution is -0.150. The molecule has 0 saturated heterocycles. The largest absolute Gasteiger partial charge is 0.496 e. The molecule has 0 aliphatic heterocycles. The smallest absolute Gasteiger partial charge is 0.309 e. The Morgan fingerprint density at radius 2 is 2.05 bits per heavy atom. The van der Waals surface area contributed by atoms with Crippen molar-refractivity contribution in [3.63, 3.8) is 0 Å². The predicted octanol–water partition coefficient (Wildman–Crippen LogP) is 1.55. The van der Waals surface area contributed by atoms with Crippen molar-refractivity contribution in [1.29, 1.82) is 0 Å². The van der Waals surface area contributed by atoms with Crippen LogP contribution in [-0.2, 0) is 20.7 Å². The van der Waals surface area contributed by atoms with Crippen LogP contribution >= 0.6 is 0 Å². The van der Waals surface area contributed by atoms with Crippen molar-refractivity contribution < 1.29 is 19.1 Å². The van der Waals surface area contributed by atoms with E-state index in [1.54, 1.807) is 7.11 Å². The molecule has 1 N–H and O–H groups in total. The Balaban J connectivity index is 1.66. The van der Waals surface area contributed by atoms with Gasteiger partial charge in [-0.2, -0.15) is 0 Å². The number of hydrogen-bond donors (Lipinski definition) is 1. The molecule has 1 aromatic rings. The van der Waals surface area contributed by atoms with Crippen molar-refractivity contribution in [3.05, 3.63) is 29.8 Å². The van der Waals surface area contributed by atoms with E-state index in [-0.39, 0.29) is 24.4 Å². The second-order valence-electron chi connectivity index (χ2n) is 5.34. The van der Waals surface area contributed by atoms with Gasteiger partial charge < -0.3 is 14.8 Å². The van der Waals surface area contributed by atoms with Crippen LogP contribution in [0, 0.1) is 11.8 Å². The first-order chi connectivity index (χ1) is 10.1. The fourth-order valence-electron chi connectivity index (χ4n) is 2.19. The summed E-state index contributed by atoms with van der Waals surface area (Å²) in [6.07, 6.45) is 1.54. The maximum absolute atomic E-state index is 11.6. The molecule has 0 unspecified atom stereocenters. The highest BCUT2D eigenvalue weighted by atomic mass is 16.5. The fraction of sp³-hybridized carbons (Fsp3) is 0.500. The molecule has 0 aromatic heterocycles. The van der Waals surface area contributed by atoms with Crippen molar-refractivity contribution in [3.8, 4) is 5.75 Å². The first-order valence-corrected chi connectivity index (χ1v) is 7.17. The Bertz CT molecular complexity index is 515. The van der Waals surface area contributed by atoms with Crippen molar-refractivity contribution in [2.24, 2.45) is 11.8 Å². The highest BCUT2D eigenvalue weighted by Crippen LogP contribution is 2.38. The van der Waals surface area contributed by atoms with E-state index in [4.69, 9.17) is 9.47 Å². The quantitative estimate of drug-likeness (QED) is 0.774. The molecule has 2 atom stereocenters. The van der Waals surface area contributed by atoms with E-state index in [0.717, 1.165) is 17.7 Å². The third kappa shape index (κ3) is 4.48. The topological polar surface area (TPSA) is 64.6 Å². The van der Waals surface area contributed by atoms with E-state index in [2.05, 4.69) is 5.32 Å². The van der Waals surface area contributed by atoms with Crippen molar-refractivity contribution in [1.82, 2.24) is 5.32 Å². The van der Waals surface area contributed by atoms with Crippen LogP contribution in [0.5, 0.6) is 5.75 Å². The van der Waals surface area contributed by atoms with E-state index in [9.17, 15) is 9.59 Å². The lowest BCUT2D eigenvalue weighted by atomic mass is 10.1. The van der Waals surface area contributed by atoms with Gasteiger partial charge in [-0.3, -0.25) is 9.59 Å². The van der Waals surface area contributed by atoms with Gasteiger partial charge >= 0.3 is 5.97 Å². The van der Waals surface area contributed by atoms with E-state index in [0.29, 0.717) is 18.9 Å². The number of benzene rings is 1. The molecule has 1 aliphatic rings. The van der Waals surface area contributed by atoms with Gasteiger partial charge in [0.15, 0.2) is 6.61 Å². The Morgan fingerprint density at radius 1 is 1.33 bits per heavy atom. The third-order valence-corrected chi connectivity index (χ3v) is 3.67. The molecule has 2 rings (SSSR count). The SMILES string of the molecule is COc1ccccc1CCNC(=O)COC(=O)[C@@H]1C[C@@H]1C. The Hall–Kier alpha value is -2.04. The molecule has 1 aliphatic carbocycles. The molecule has 21 heavy (non-hydrogen) atoms. The summed E-state index contributed by atoms with van der Waals surface area (Å²) in [5.74, 6) is 0.660. The van der Waals surface area contributed by atoms with Crippen LogP contribution in [0.25, 0.3) is 0 Å². The first-order valence-electron chi connectivity index (χ1n) is 7.17. The number of carbonyl (C=O) groups excluding carboxylic acids is 2. The van der Waals surface area contributed by atoms with Gasteiger partial charge in [-0.15, -0.1) is 0 Å². The zero-order valence-corrected chi connectivity index (χ0v) is 12.4. The average Bonchev–Trinajstić information content (AvgIpc) is 3.22. The predicted molar refractivity (Wildman–Crippen MR) is 77.9 cm³/mol. The van der Waals surface area contributed by atoms with Crippen LogP contribution in [0.1, 0.15) is 18.9 Å². The number of methoxy groups -OCH3 is 1. The zero-order valence-electron chi connectivity index (χ0n) is 12.4. The molecule has 1 saturated carbocycles. The van der Waals surface area contributed by atoms with Crippen LogP contribution in [0.3, 0.4) is 0 Å². The van der Waals surface area contributed by atoms with Gasteiger partial charge in [-0.1, -0.05) is 25.1 Å². The van der Waals surface area contributed by atoms with Crippen LogP contribution in [0.15, 0.2) is 24.3 Å². The lowest BCUT2D eigenvalue weighted by Crippen LogP contribution is -2.30. The number of rotatable bonds is 7. The molecule has 0 radical (unpaired) electrons. The van der Waals surface area contributed by atoms with Gasteiger partial charge in [-0.05, 0) is 30.4 Å². The summed E-state index contributed by atoms with van der Waals surface area (Å²) in [7, 11) is 1.62. The Labute approximate surface area is 124 Å².